The van der Waals surface area contributed by atoms with E-state index in [9.17, 15) is 22.0 Å². The second kappa shape index (κ2) is 9.65. The van der Waals surface area contributed by atoms with Crippen LogP contribution in [-0.4, -0.2) is 35.6 Å². The smallest absolute Gasteiger partial charge is 0.303 e. The summed E-state index contributed by atoms with van der Waals surface area (Å²) >= 11 is 0. The summed E-state index contributed by atoms with van der Waals surface area (Å²) in [4.78, 5) is 13.0. The summed E-state index contributed by atoms with van der Waals surface area (Å²) in [6.07, 6.45) is 1.35. The van der Waals surface area contributed by atoms with Gasteiger partial charge in [-0.1, -0.05) is 11.2 Å². The van der Waals surface area contributed by atoms with Crippen LogP contribution in [0.15, 0.2) is 64.1 Å². The minimum Gasteiger partial charge on any atom is -0.495 e. The average Bonchev–Trinajstić information content (AvgIpc) is 3.35. The van der Waals surface area contributed by atoms with E-state index < -0.39 is 39.3 Å². The molecule has 198 valence electrons. The van der Waals surface area contributed by atoms with E-state index in [1.54, 1.807) is 6.92 Å². The maximum absolute atomic E-state index is 15.3. The van der Waals surface area contributed by atoms with Gasteiger partial charge in [0.25, 0.3) is 5.56 Å². The predicted octanol–water partition coefficient (Wildman–Crippen LogP) is 4.02. The van der Waals surface area contributed by atoms with Crippen LogP contribution in [0.25, 0.3) is 16.8 Å². The quantitative estimate of drug-likeness (QED) is 0.392. The highest BCUT2D eigenvalue weighted by atomic mass is 32.2. The Balaban J connectivity index is 1.58. The molecule has 1 atom stereocenters. The SMILES string of the molecule is COc1cc(-c2cc(F)cc(F)c2)c(F)cc1-n1c2c(ccc1=O)CN(S(=O)(=O)Nc1ccon1)[C@@H](C)C2. The molecule has 0 bridgehead atoms. The third-order valence-electron chi connectivity index (χ3n) is 6.26. The first-order valence-electron chi connectivity index (χ1n) is 11.4. The molecule has 0 unspecified atom stereocenters. The molecule has 38 heavy (non-hydrogen) atoms. The van der Waals surface area contributed by atoms with Crippen molar-refractivity contribution in [3.05, 3.63) is 93.9 Å². The Labute approximate surface area is 215 Å². The lowest BCUT2D eigenvalue weighted by Gasteiger charge is -2.34. The molecule has 4 aromatic rings. The molecule has 0 radical (unpaired) electrons. The van der Waals surface area contributed by atoms with Crippen LogP contribution in [0.1, 0.15) is 18.2 Å². The van der Waals surface area contributed by atoms with Crippen LogP contribution >= 0.6 is 0 Å². The number of anilines is 1. The van der Waals surface area contributed by atoms with Crippen LogP contribution in [0.4, 0.5) is 19.0 Å². The van der Waals surface area contributed by atoms with Gasteiger partial charge in [0.05, 0.1) is 12.8 Å². The molecule has 1 N–H and O–H groups in total. The molecule has 1 aliphatic heterocycles. The van der Waals surface area contributed by atoms with Crippen LogP contribution in [0, 0.1) is 17.5 Å². The highest BCUT2D eigenvalue weighted by Crippen LogP contribution is 2.35. The maximum Gasteiger partial charge on any atom is 0.303 e. The highest BCUT2D eigenvalue weighted by molar-refractivity contribution is 7.90. The topological polar surface area (TPSA) is 107 Å². The van der Waals surface area contributed by atoms with Gasteiger partial charge >= 0.3 is 10.2 Å². The van der Waals surface area contributed by atoms with Crippen LogP contribution in [0.2, 0.25) is 0 Å². The molecule has 3 heterocycles. The van der Waals surface area contributed by atoms with E-state index in [1.807, 2.05) is 0 Å². The molecular weight excluding hydrogens is 525 g/mol. The summed E-state index contributed by atoms with van der Waals surface area (Å²) in [5, 5.41) is 3.57. The lowest BCUT2D eigenvalue weighted by Crippen LogP contribution is -2.46. The fourth-order valence-electron chi connectivity index (χ4n) is 4.54. The molecule has 13 heteroatoms. The van der Waals surface area contributed by atoms with Gasteiger partial charge in [-0.15, -0.1) is 0 Å². The standard InChI is InChI=1S/C25H21F3N4O5S/c1-14-7-21-15(13-31(14)38(34,35)30-24-5-6-37-29-24)3-4-25(33)32(21)22-12-20(28)19(11-23(22)36-2)16-8-17(26)10-18(27)9-16/h3-6,8-12,14H,7,13H2,1-2H3,(H,29,30)/t14-/m0/s1. The van der Waals surface area contributed by atoms with Gasteiger partial charge in [-0.2, -0.15) is 12.7 Å². The first-order chi connectivity index (χ1) is 18.1. The van der Waals surface area contributed by atoms with Gasteiger partial charge in [-0.25, -0.2) is 13.2 Å². The molecule has 5 rings (SSSR count). The number of halogens is 3. The molecule has 9 nitrogen and oxygen atoms in total. The van der Waals surface area contributed by atoms with Gasteiger partial charge in [0.15, 0.2) is 5.82 Å². The number of rotatable bonds is 6. The van der Waals surface area contributed by atoms with Crippen molar-refractivity contribution in [1.82, 2.24) is 14.0 Å². The molecular formula is C25H21F3N4O5S. The predicted molar refractivity (Wildman–Crippen MR) is 132 cm³/mol. The number of pyridine rings is 1. The Morgan fingerprint density at radius 3 is 2.47 bits per heavy atom. The minimum atomic E-state index is -4.02. The third kappa shape index (κ3) is 4.65. The van der Waals surface area contributed by atoms with Gasteiger partial charge in [0.1, 0.15) is 29.5 Å². The fraction of sp³-hybridized carbons (Fsp3) is 0.200. The molecule has 0 saturated heterocycles. The van der Waals surface area contributed by atoms with E-state index >= 15 is 4.39 Å². The summed E-state index contributed by atoms with van der Waals surface area (Å²) in [6.45, 7) is 1.60. The third-order valence-corrected chi connectivity index (χ3v) is 7.83. The van der Waals surface area contributed by atoms with E-state index in [-0.39, 0.29) is 41.3 Å². The number of aromatic nitrogens is 2. The minimum absolute atomic E-state index is 0.0199. The van der Waals surface area contributed by atoms with Crippen LogP contribution in [0.3, 0.4) is 0 Å². The zero-order valence-electron chi connectivity index (χ0n) is 20.1. The number of methoxy groups -OCH3 is 1. The van der Waals surface area contributed by atoms with Crippen molar-refractivity contribution in [3.8, 4) is 22.6 Å². The molecule has 0 spiro atoms. The number of ether oxygens (including phenoxy) is 1. The van der Waals surface area contributed by atoms with Crippen molar-refractivity contribution >= 4 is 16.0 Å². The van der Waals surface area contributed by atoms with Gasteiger partial charge in [0.2, 0.25) is 0 Å². The number of nitrogens with one attached hydrogen (secondary N) is 1. The lowest BCUT2D eigenvalue weighted by atomic mass is 10.00. The molecule has 0 aliphatic carbocycles. The summed E-state index contributed by atoms with van der Waals surface area (Å²) in [6, 6.07) is 8.50. The van der Waals surface area contributed by atoms with E-state index in [4.69, 9.17) is 4.74 Å². The van der Waals surface area contributed by atoms with Crippen molar-refractivity contribution in [1.29, 1.82) is 0 Å². The van der Waals surface area contributed by atoms with Gasteiger partial charge in [0, 0.05) is 54.5 Å². The zero-order chi connectivity index (χ0) is 27.2. The molecule has 0 saturated carbocycles. The maximum atomic E-state index is 15.3. The number of fused-ring (bicyclic) bond motifs is 1. The number of hydrogen-bond acceptors (Lipinski definition) is 6. The molecule has 0 amide bonds. The Morgan fingerprint density at radius 1 is 1.08 bits per heavy atom. The molecule has 2 aromatic heterocycles. The summed E-state index contributed by atoms with van der Waals surface area (Å²) in [5.41, 5.74) is 0.409. The van der Waals surface area contributed by atoms with Gasteiger partial charge in [-0.05, 0) is 36.2 Å². The fourth-order valence-corrected chi connectivity index (χ4v) is 5.89. The van der Waals surface area contributed by atoms with E-state index in [0.717, 1.165) is 18.2 Å². The molecule has 0 fully saturated rings. The summed E-state index contributed by atoms with van der Waals surface area (Å²) in [5.74, 6) is -2.48. The number of hydrogen-bond donors (Lipinski definition) is 1. The molecule has 1 aliphatic rings. The highest BCUT2D eigenvalue weighted by Gasteiger charge is 2.34. The Kier molecular flexibility index (Phi) is 6.49. The number of nitrogens with zero attached hydrogens (tertiary/aromatic N) is 3. The normalized spacial score (nSPS) is 15.8. The summed E-state index contributed by atoms with van der Waals surface area (Å²) in [7, 11) is -2.70. The van der Waals surface area contributed by atoms with Crippen molar-refractivity contribution in [2.24, 2.45) is 0 Å². The second-order valence-corrected chi connectivity index (χ2v) is 10.4. The van der Waals surface area contributed by atoms with Crippen molar-refractivity contribution in [3.63, 3.8) is 0 Å². The Bertz CT molecular complexity index is 1670. The first kappa shape index (κ1) is 25.5. The van der Waals surface area contributed by atoms with Gasteiger partial charge < -0.3 is 9.26 Å². The first-order valence-corrected chi connectivity index (χ1v) is 12.8. The van der Waals surface area contributed by atoms with Crippen molar-refractivity contribution < 1.29 is 30.8 Å². The molecule has 2 aromatic carbocycles. The Morgan fingerprint density at radius 2 is 1.82 bits per heavy atom. The summed E-state index contributed by atoms with van der Waals surface area (Å²) < 4.78 is 83.8. The van der Waals surface area contributed by atoms with E-state index in [1.165, 1.54) is 46.5 Å². The number of benzene rings is 2. The van der Waals surface area contributed by atoms with E-state index in [0.29, 0.717) is 17.3 Å². The largest absolute Gasteiger partial charge is 0.495 e. The van der Waals surface area contributed by atoms with Crippen LogP contribution in [-0.2, 0) is 23.2 Å². The van der Waals surface area contributed by atoms with Crippen molar-refractivity contribution in [2.75, 3.05) is 11.8 Å². The Hall–Kier alpha value is -4.10. The van der Waals surface area contributed by atoms with Crippen molar-refractivity contribution in [2.45, 2.75) is 25.9 Å². The lowest BCUT2D eigenvalue weighted by molar-refractivity contribution is 0.305. The second-order valence-electron chi connectivity index (χ2n) is 8.73. The van der Waals surface area contributed by atoms with Gasteiger partial charge in [-0.3, -0.25) is 14.1 Å². The average molecular weight is 547 g/mol. The van der Waals surface area contributed by atoms with Crippen LogP contribution in [0.5, 0.6) is 5.75 Å². The van der Waals surface area contributed by atoms with E-state index in [2.05, 4.69) is 14.4 Å². The monoisotopic (exact) mass is 546 g/mol. The van der Waals surface area contributed by atoms with Crippen LogP contribution < -0.4 is 15.0 Å². The zero-order valence-corrected chi connectivity index (χ0v) is 20.9.